The van der Waals surface area contributed by atoms with Gasteiger partial charge in [0.25, 0.3) is 5.91 Å². The van der Waals surface area contributed by atoms with Gasteiger partial charge in [0.2, 0.25) is 0 Å². The maximum absolute atomic E-state index is 13.0. The van der Waals surface area contributed by atoms with Crippen LogP contribution in [0.4, 0.5) is 0 Å². The lowest BCUT2D eigenvalue weighted by Crippen LogP contribution is -2.31. The second kappa shape index (κ2) is 9.13. The summed E-state index contributed by atoms with van der Waals surface area (Å²) in [5.74, 6) is 1.73. The number of aryl methyl sites for hydroxylation is 2. The summed E-state index contributed by atoms with van der Waals surface area (Å²) in [5.41, 5.74) is 5.13. The van der Waals surface area contributed by atoms with Crippen molar-refractivity contribution in [1.82, 2.24) is 4.90 Å². The Morgan fingerprint density at radius 3 is 2.36 bits per heavy atom. The number of ether oxygens (including phenoxy) is 2. The maximum Gasteiger partial charge on any atom is 0.253 e. The fourth-order valence-corrected chi connectivity index (χ4v) is 3.79. The number of nitrogens with zero attached hydrogens (tertiary/aromatic N) is 1. The van der Waals surface area contributed by atoms with Gasteiger partial charge in [0.1, 0.15) is 18.1 Å². The molecule has 0 saturated carbocycles. The van der Waals surface area contributed by atoms with E-state index in [1.54, 1.807) is 7.11 Å². The first-order valence-corrected chi connectivity index (χ1v) is 10.2. The van der Waals surface area contributed by atoms with E-state index in [9.17, 15) is 4.79 Å². The van der Waals surface area contributed by atoms with Crippen LogP contribution in [0.5, 0.6) is 11.5 Å². The highest BCUT2D eigenvalue weighted by Crippen LogP contribution is 2.27. The fourth-order valence-electron chi connectivity index (χ4n) is 3.79. The standard InChI is InChI=1S/C24H31NO3/c1-17-13-18(2)19(3)23(14-17)28-16-21-15-20(9-10-22(21)27-4)24(26)25-11-7-5-6-8-12-25/h9-10,13-15H,5-8,11-12,16H2,1-4H3. The summed E-state index contributed by atoms with van der Waals surface area (Å²) in [6, 6.07) is 9.87. The monoisotopic (exact) mass is 381 g/mol. The van der Waals surface area contributed by atoms with E-state index in [0.29, 0.717) is 12.2 Å². The summed E-state index contributed by atoms with van der Waals surface area (Å²) in [4.78, 5) is 14.9. The molecule has 150 valence electrons. The molecule has 2 aromatic rings. The van der Waals surface area contributed by atoms with Crippen LogP contribution >= 0.6 is 0 Å². The molecule has 1 heterocycles. The third kappa shape index (κ3) is 4.67. The van der Waals surface area contributed by atoms with Gasteiger partial charge in [-0.1, -0.05) is 18.9 Å². The molecule has 1 saturated heterocycles. The molecule has 1 aliphatic heterocycles. The largest absolute Gasteiger partial charge is 0.496 e. The molecule has 0 spiro atoms. The zero-order valence-corrected chi connectivity index (χ0v) is 17.5. The normalized spacial score (nSPS) is 14.5. The summed E-state index contributed by atoms with van der Waals surface area (Å²) in [6.45, 7) is 8.29. The Morgan fingerprint density at radius 1 is 0.964 bits per heavy atom. The van der Waals surface area contributed by atoms with Crippen molar-refractivity contribution in [3.63, 3.8) is 0 Å². The molecule has 0 aliphatic carbocycles. The number of carbonyl (C=O) groups excluding carboxylic acids is 1. The van der Waals surface area contributed by atoms with Crippen molar-refractivity contribution >= 4 is 5.91 Å². The molecule has 3 rings (SSSR count). The molecule has 0 N–H and O–H groups in total. The number of methoxy groups -OCH3 is 1. The molecule has 1 amide bonds. The lowest BCUT2D eigenvalue weighted by molar-refractivity contribution is 0.0761. The van der Waals surface area contributed by atoms with Crippen LogP contribution in [0.15, 0.2) is 30.3 Å². The Bertz CT molecular complexity index is 836. The second-order valence-corrected chi connectivity index (χ2v) is 7.73. The molecular weight excluding hydrogens is 350 g/mol. The number of likely N-dealkylation sites (tertiary alicyclic amines) is 1. The number of carbonyl (C=O) groups is 1. The van der Waals surface area contributed by atoms with Crippen molar-refractivity contribution in [3.8, 4) is 11.5 Å². The minimum absolute atomic E-state index is 0.105. The zero-order chi connectivity index (χ0) is 20.1. The Hall–Kier alpha value is -2.49. The molecular formula is C24H31NO3. The van der Waals surface area contributed by atoms with Gasteiger partial charge < -0.3 is 14.4 Å². The number of rotatable bonds is 5. The van der Waals surface area contributed by atoms with Crippen LogP contribution in [-0.4, -0.2) is 31.0 Å². The molecule has 28 heavy (non-hydrogen) atoms. The molecule has 0 bridgehead atoms. The van der Waals surface area contributed by atoms with Gasteiger partial charge in [0.05, 0.1) is 7.11 Å². The first kappa shape index (κ1) is 20.2. The molecule has 4 heteroatoms. The van der Waals surface area contributed by atoms with Crippen LogP contribution in [0.25, 0.3) is 0 Å². The lowest BCUT2D eigenvalue weighted by Gasteiger charge is -2.21. The van der Waals surface area contributed by atoms with Crippen LogP contribution in [0.1, 0.15) is 58.3 Å². The number of hydrogen-bond donors (Lipinski definition) is 0. The van der Waals surface area contributed by atoms with Gasteiger partial charge in [0.15, 0.2) is 0 Å². The van der Waals surface area contributed by atoms with Gasteiger partial charge in [-0.15, -0.1) is 0 Å². The average Bonchev–Trinajstić information content (AvgIpc) is 2.98. The first-order chi connectivity index (χ1) is 13.5. The molecule has 0 atom stereocenters. The van der Waals surface area contributed by atoms with Gasteiger partial charge in [-0.2, -0.15) is 0 Å². The van der Waals surface area contributed by atoms with Crippen LogP contribution in [0.3, 0.4) is 0 Å². The fraction of sp³-hybridized carbons (Fsp3) is 0.458. The number of amides is 1. The highest BCUT2D eigenvalue weighted by molar-refractivity contribution is 5.94. The van der Waals surface area contributed by atoms with E-state index in [2.05, 4.69) is 32.9 Å². The Morgan fingerprint density at radius 2 is 1.68 bits per heavy atom. The molecule has 0 aromatic heterocycles. The van der Waals surface area contributed by atoms with Crippen molar-refractivity contribution < 1.29 is 14.3 Å². The molecule has 0 radical (unpaired) electrons. The summed E-state index contributed by atoms with van der Waals surface area (Å²) in [7, 11) is 1.65. The number of hydrogen-bond acceptors (Lipinski definition) is 3. The summed E-state index contributed by atoms with van der Waals surface area (Å²) >= 11 is 0. The lowest BCUT2D eigenvalue weighted by atomic mass is 10.1. The van der Waals surface area contributed by atoms with Gasteiger partial charge in [-0.05, 0) is 74.6 Å². The molecule has 1 fully saturated rings. The summed E-state index contributed by atoms with van der Waals surface area (Å²) in [6.07, 6.45) is 4.59. The van der Waals surface area contributed by atoms with Gasteiger partial charge in [0, 0.05) is 24.2 Å². The van der Waals surface area contributed by atoms with E-state index in [-0.39, 0.29) is 5.91 Å². The second-order valence-electron chi connectivity index (χ2n) is 7.73. The van der Waals surface area contributed by atoms with Crippen molar-refractivity contribution in [1.29, 1.82) is 0 Å². The number of benzene rings is 2. The summed E-state index contributed by atoms with van der Waals surface area (Å²) < 4.78 is 11.6. The van der Waals surface area contributed by atoms with Crippen molar-refractivity contribution in [2.75, 3.05) is 20.2 Å². The molecule has 4 nitrogen and oxygen atoms in total. The highest BCUT2D eigenvalue weighted by Gasteiger charge is 2.19. The Kier molecular flexibility index (Phi) is 6.61. The molecule has 2 aromatic carbocycles. The predicted octanol–water partition coefficient (Wildman–Crippen LogP) is 5.22. The van der Waals surface area contributed by atoms with E-state index in [1.165, 1.54) is 24.0 Å². The van der Waals surface area contributed by atoms with E-state index in [0.717, 1.165) is 48.6 Å². The zero-order valence-electron chi connectivity index (χ0n) is 17.5. The predicted molar refractivity (Wildman–Crippen MR) is 112 cm³/mol. The minimum atomic E-state index is 0.105. The van der Waals surface area contributed by atoms with Gasteiger partial charge >= 0.3 is 0 Å². The quantitative estimate of drug-likeness (QED) is 0.713. The van der Waals surface area contributed by atoms with Gasteiger partial charge in [-0.25, -0.2) is 0 Å². The highest BCUT2D eigenvalue weighted by atomic mass is 16.5. The molecule has 0 unspecified atom stereocenters. The smallest absolute Gasteiger partial charge is 0.253 e. The third-order valence-electron chi connectivity index (χ3n) is 5.57. The SMILES string of the molecule is COc1ccc(C(=O)N2CCCCCC2)cc1COc1cc(C)cc(C)c1C. The first-order valence-electron chi connectivity index (χ1n) is 10.2. The third-order valence-corrected chi connectivity index (χ3v) is 5.57. The van der Waals surface area contributed by atoms with Gasteiger partial charge in [-0.3, -0.25) is 4.79 Å². The van der Waals surface area contributed by atoms with Crippen LogP contribution < -0.4 is 9.47 Å². The van der Waals surface area contributed by atoms with Crippen LogP contribution in [0, 0.1) is 20.8 Å². The van der Waals surface area contributed by atoms with E-state index < -0.39 is 0 Å². The van der Waals surface area contributed by atoms with Crippen molar-refractivity contribution in [2.24, 2.45) is 0 Å². The van der Waals surface area contributed by atoms with Crippen molar-refractivity contribution in [2.45, 2.75) is 53.1 Å². The maximum atomic E-state index is 13.0. The Labute approximate surface area is 168 Å². The Balaban J connectivity index is 1.80. The van der Waals surface area contributed by atoms with E-state index in [1.807, 2.05) is 23.1 Å². The van der Waals surface area contributed by atoms with Crippen LogP contribution in [-0.2, 0) is 6.61 Å². The van der Waals surface area contributed by atoms with Crippen LogP contribution in [0.2, 0.25) is 0 Å². The average molecular weight is 382 g/mol. The van der Waals surface area contributed by atoms with E-state index >= 15 is 0 Å². The minimum Gasteiger partial charge on any atom is -0.496 e. The van der Waals surface area contributed by atoms with E-state index in [4.69, 9.17) is 9.47 Å². The van der Waals surface area contributed by atoms with Crippen molar-refractivity contribution in [3.05, 3.63) is 58.1 Å². The summed E-state index contributed by atoms with van der Waals surface area (Å²) in [5, 5.41) is 0. The topological polar surface area (TPSA) is 38.8 Å². The molecule has 1 aliphatic rings.